The van der Waals surface area contributed by atoms with Crippen LogP contribution in [-0.2, 0) is 5.41 Å². The molecule has 0 heterocycles. The number of rotatable bonds is 3. The molecule has 0 unspecified atom stereocenters. The van der Waals surface area contributed by atoms with Crippen molar-refractivity contribution < 1.29 is 10.2 Å². The van der Waals surface area contributed by atoms with E-state index in [1.165, 1.54) is 0 Å². The molecule has 0 aliphatic heterocycles. The minimum atomic E-state index is -0.391. The van der Waals surface area contributed by atoms with Gasteiger partial charge in [0, 0.05) is 17.5 Å². The van der Waals surface area contributed by atoms with E-state index in [9.17, 15) is 10.2 Å². The standard InChI is InChI=1S/C18H18N2O2/c19-20-15-2-1-11-18(12-15,13-3-7-16(21)8-4-13)14-5-9-17(22)10-6-14/h1-11,20-22H,12,19H2. The van der Waals surface area contributed by atoms with Crippen molar-refractivity contribution in [3.05, 3.63) is 83.6 Å². The summed E-state index contributed by atoms with van der Waals surface area (Å²) in [6, 6.07) is 14.4. The summed E-state index contributed by atoms with van der Waals surface area (Å²) in [5, 5.41) is 19.1. The van der Waals surface area contributed by atoms with Crippen molar-refractivity contribution in [3.63, 3.8) is 0 Å². The van der Waals surface area contributed by atoms with E-state index in [1.54, 1.807) is 24.3 Å². The number of nitrogens with one attached hydrogen (secondary N) is 1. The molecule has 1 aliphatic carbocycles. The van der Waals surface area contributed by atoms with Crippen molar-refractivity contribution in [1.82, 2.24) is 5.43 Å². The van der Waals surface area contributed by atoms with Gasteiger partial charge in [-0.1, -0.05) is 36.4 Å². The van der Waals surface area contributed by atoms with Crippen LogP contribution in [0.25, 0.3) is 0 Å². The second-order valence-corrected chi connectivity index (χ2v) is 5.44. The number of benzene rings is 2. The molecule has 0 fully saturated rings. The van der Waals surface area contributed by atoms with E-state index in [0.29, 0.717) is 6.42 Å². The molecule has 0 aromatic heterocycles. The van der Waals surface area contributed by atoms with Crippen LogP contribution in [0.1, 0.15) is 17.5 Å². The summed E-state index contributed by atoms with van der Waals surface area (Å²) in [6.45, 7) is 0. The first kappa shape index (κ1) is 14.2. The van der Waals surface area contributed by atoms with Crippen molar-refractivity contribution in [2.75, 3.05) is 0 Å². The van der Waals surface area contributed by atoms with Crippen LogP contribution in [0.4, 0.5) is 0 Å². The molecule has 0 bridgehead atoms. The third kappa shape index (κ3) is 2.44. The van der Waals surface area contributed by atoms with Crippen molar-refractivity contribution in [2.24, 2.45) is 5.84 Å². The minimum absolute atomic E-state index is 0.233. The van der Waals surface area contributed by atoms with Crippen molar-refractivity contribution in [1.29, 1.82) is 0 Å². The van der Waals surface area contributed by atoms with E-state index >= 15 is 0 Å². The molecule has 3 rings (SSSR count). The Balaban J connectivity index is 2.14. The van der Waals surface area contributed by atoms with E-state index in [2.05, 4.69) is 11.5 Å². The van der Waals surface area contributed by atoms with E-state index in [1.807, 2.05) is 36.4 Å². The number of phenolic OH excluding ortho intramolecular Hbond substituents is 2. The second kappa shape index (κ2) is 5.58. The lowest BCUT2D eigenvalue weighted by atomic mass is 9.69. The third-order valence-corrected chi connectivity index (χ3v) is 4.10. The maximum Gasteiger partial charge on any atom is 0.115 e. The fraction of sp³-hybridized carbons (Fsp3) is 0.111. The maximum absolute atomic E-state index is 9.55. The Morgan fingerprint density at radius 2 is 1.36 bits per heavy atom. The number of allylic oxidation sites excluding steroid dienone is 4. The fourth-order valence-electron chi connectivity index (χ4n) is 2.93. The second-order valence-electron chi connectivity index (χ2n) is 5.44. The first-order chi connectivity index (χ1) is 10.6. The van der Waals surface area contributed by atoms with Crippen LogP contribution in [-0.4, -0.2) is 10.2 Å². The number of nitrogens with two attached hydrogens (primary N) is 1. The molecular formula is C18H18N2O2. The van der Waals surface area contributed by atoms with E-state index < -0.39 is 5.41 Å². The maximum atomic E-state index is 9.55. The van der Waals surface area contributed by atoms with Crippen LogP contribution in [0, 0.1) is 0 Å². The number of hydrogen-bond acceptors (Lipinski definition) is 4. The lowest BCUT2D eigenvalue weighted by molar-refractivity contribution is 0.473. The lowest BCUT2D eigenvalue weighted by Gasteiger charge is -2.35. The zero-order valence-corrected chi connectivity index (χ0v) is 12.0. The minimum Gasteiger partial charge on any atom is -0.508 e. The summed E-state index contributed by atoms with van der Waals surface area (Å²) < 4.78 is 0. The first-order valence-corrected chi connectivity index (χ1v) is 7.08. The molecule has 5 N–H and O–H groups in total. The van der Waals surface area contributed by atoms with Gasteiger partial charge in [0.2, 0.25) is 0 Å². The Labute approximate surface area is 129 Å². The molecule has 0 saturated heterocycles. The van der Waals surface area contributed by atoms with Gasteiger partial charge in [-0.25, -0.2) is 0 Å². The Bertz CT molecular complexity index is 670. The third-order valence-electron chi connectivity index (χ3n) is 4.10. The summed E-state index contributed by atoms with van der Waals surface area (Å²) >= 11 is 0. The molecule has 1 aliphatic rings. The molecule has 0 saturated carbocycles. The predicted molar refractivity (Wildman–Crippen MR) is 86.2 cm³/mol. The highest BCUT2D eigenvalue weighted by molar-refractivity contribution is 5.50. The summed E-state index contributed by atoms with van der Waals surface area (Å²) in [6.07, 6.45) is 6.71. The normalized spacial score (nSPS) is 16.1. The SMILES string of the molecule is NNC1=CC=CC(c2ccc(O)cc2)(c2ccc(O)cc2)C1. The molecule has 0 spiro atoms. The smallest absolute Gasteiger partial charge is 0.115 e. The highest BCUT2D eigenvalue weighted by Crippen LogP contribution is 2.41. The van der Waals surface area contributed by atoms with E-state index in [4.69, 9.17) is 5.84 Å². The van der Waals surface area contributed by atoms with Gasteiger partial charge in [-0.15, -0.1) is 0 Å². The summed E-state index contributed by atoms with van der Waals surface area (Å²) in [7, 11) is 0. The van der Waals surface area contributed by atoms with Gasteiger partial charge < -0.3 is 15.6 Å². The largest absolute Gasteiger partial charge is 0.508 e. The van der Waals surface area contributed by atoms with Crippen LogP contribution in [0.3, 0.4) is 0 Å². The van der Waals surface area contributed by atoms with Gasteiger partial charge in [-0.3, -0.25) is 5.84 Å². The zero-order valence-electron chi connectivity index (χ0n) is 12.0. The fourth-order valence-corrected chi connectivity index (χ4v) is 2.93. The number of aromatic hydroxyl groups is 2. The molecule has 2 aromatic carbocycles. The number of hydrazine groups is 1. The van der Waals surface area contributed by atoms with Crippen molar-refractivity contribution in [3.8, 4) is 11.5 Å². The van der Waals surface area contributed by atoms with Gasteiger partial charge in [0.1, 0.15) is 11.5 Å². The Kier molecular flexibility index (Phi) is 3.61. The van der Waals surface area contributed by atoms with Crippen LogP contribution in [0.5, 0.6) is 11.5 Å². The Hall–Kier alpha value is -2.72. The van der Waals surface area contributed by atoms with Crippen molar-refractivity contribution in [2.45, 2.75) is 11.8 Å². The highest BCUT2D eigenvalue weighted by Gasteiger charge is 2.34. The van der Waals surface area contributed by atoms with Gasteiger partial charge in [0.05, 0.1) is 0 Å². The van der Waals surface area contributed by atoms with Gasteiger partial charge in [-0.2, -0.15) is 0 Å². The first-order valence-electron chi connectivity index (χ1n) is 7.08. The topological polar surface area (TPSA) is 78.5 Å². The molecule has 112 valence electrons. The van der Waals surface area contributed by atoms with Gasteiger partial charge in [0.25, 0.3) is 0 Å². The molecule has 0 amide bonds. The summed E-state index contributed by atoms with van der Waals surface area (Å²) in [5.74, 6) is 6.06. The van der Waals surface area contributed by atoms with Crippen LogP contribution in [0.15, 0.2) is 72.5 Å². The molecule has 0 atom stereocenters. The van der Waals surface area contributed by atoms with Crippen molar-refractivity contribution >= 4 is 0 Å². The number of hydrogen-bond donors (Lipinski definition) is 4. The average Bonchev–Trinajstić information content (AvgIpc) is 2.56. The molecule has 2 aromatic rings. The van der Waals surface area contributed by atoms with Crippen LogP contribution >= 0.6 is 0 Å². The summed E-state index contributed by atoms with van der Waals surface area (Å²) in [4.78, 5) is 0. The van der Waals surface area contributed by atoms with Crippen LogP contribution in [0.2, 0.25) is 0 Å². The van der Waals surface area contributed by atoms with Gasteiger partial charge in [-0.05, 0) is 41.5 Å². The highest BCUT2D eigenvalue weighted by atomic mass is 16.3. The zero-order chi connectivity index (χ0) is 15.6. The van der Waals surface area contributed by atoms with E-state index in [-0.39, 0.29) is 11.5 Å². The Morgan fingerprint density at radius 1 is 0.864 bits per heavy atom. The van der Waals surface area contributed by atoms with Gasteiger partial charge >= 0.3 is 0 Å². The lowest BCUT2D eigenvalue weighted by Crippen LogP contribution is -2.33. The van der Waals surface area contributed by atoms with E-state index in [0.717, 1.165) is 16.8 Å². The predicted octanol–water partition coefficient (Wildman–Crippen LogP) is 2.69. The van der Waals surface area contributed by atoms with Gasteiger partial charge in [0.15, 0.2) is 0 Å². The monoisotopic (exact) mass is 294 g/mol. The molecular weight excluding hydrogens is 276 g/mol. The number of phenols is 2. The Morgan fingerprint density at radius 3 is 1.82 bits per heavy atom. The quantitative estimate of drug-likeness (QED) is 0.518. The summed E-state index contributed by atoms with van der Waals surface area (Å²) in [5.41, 5.74) is 5.36. The molecule has 4 nitrogen and oxygen atoms in total. The average molecular weight is 294 g/mol. The molecule has 22 heavy (non-hydrogen) atoms. The molecule has 0 radical (unpaired) electrons. The van der Waals surface area contributed by atoms with Crippen LogP contribution < -0.4 is 11.3 Å². The molecule has 4 heteroatoms.